The third-order valence-electron chi connectivity index (χ3n) is 11.6. The Morgan fingerprint density at radius 1 is 0.691 bits per heavy atom. The van der Waals surface area contributed by atoms with Crippen LogP contribution in [-0.4, -0.2) is 128 Å². The Kier molecular flexibility index (Phi) is 12.8. The summed E-state index contributed by atoms with van der Waals surface area (Å²) in [6, 6.07) is 11.6. The minimum Gasteiger partial charge on any atom is -0.342 e. The smallest absolute Gasteiger partial charge is 0.269 e. The van der Waals surface area contributed by atoms with Crippen LogP contribution in [0.5, 0.6) is 0 Å². The van der Waals surface area contributed by atoms with Crippen molar-refractivity contribution in [2.75, 3.05) is 26.7 Å². The minimum atomic E-state index is -1.41. The first-order valence-corrected chi connectivity index (χ1v) is 19.6. The molecule has 4 aliphatic heterocycles. The molecule has 0 aromatic heterocycles. The average Bonchev–Trinajstić information content (AvgIpc) is 3.72. The summed E-state index contributed by atoms with van der Waals surface area (Å²) < 4.78 is 0. The predicted octanol–water partition coefficient (Wildman–Crippen LogP) is 1.41. The first-order chi connectivity index (χ1) is 26.5. The Hall–Kier alpha value is -4.86. The molecule has 0 aliphatic carbocycles. The van der Waals surface area contributed by atoms with Crippen LogP contribution in [0.15, 0.2) is 60.7 Å². The molecule has 4 N–H and O–H groups in total. The van der Waals surface area contributed by atoms with Gasteiger partial charge in [0.1, 0.15) is 36.3 Å². The molecule has 0 radical (unpaired) electrons. The maximum absolute atomic E-state index is 14.7. The maximum Gasteiger partial charge on any atom is 0.269 e. The molecule has 15 nitrogen and oxygen atoms in total. The van der Waals surface area contributed by atoms with Gasteiger partial charge in [-0.25, -0.2) is 15.9 Å². The second-order valence-corrected chi connectivity index (χ2v) is 15.2. The van der Waals surface area contributed by atoms with Gasteiger partial charge < -0.3 is 15.1 Å². The monoisotopic (exact) mass is 758 g/mol. The van der Waals surface area contributed by atoms with Crippen molar-refractivity contribution in [1.82, 2.24) is 41.0 Å². The first-order valence-electron chi connectivity index (χ1n) is 19.6. The van der Waals surface area contributed by atoms with Gasteiger partial charge in [-0.2, -0.15) is 0 Å². The number of nitrogens with one attached hydrogen (secondary N) is 3. The van der Waals surface area contributed by atoms with Crippen LogP contribution in [0.4, 0.5) is 0 Å². The van der Waals surface area contributed by atoms with Gasteiger partial charge in [0, 0.05) is 39.5 Å². The van der Waals surface area contributed by atoms with Gasteiger partial charge in [-0.1, -0.05) is 80.9 Å². The highest BCUT2D eigenvalue weighted by molar-refractivity contribution is 5.98. The van der Waals surface area contributed by atoms with Gasteiger partial charge in [0.2, 0.25) is 17.7 Å². The molecule has 4 aliphatic rings. The average molecular weight is 759 g/mol. The zero-order valence-corrected chi connectivity index (χ0v) is 31.9. The predicted molar refractivity (Wildman–Crippen MR) is 201 cm³/mol. The first kappa shape index (κ1) is 39.8. The van der Waals surface area contributed by atoms with E-state index in [1.807, 2.05) is 43.3 Å². The van der Waals surface area contributed by atoms with Gasteiger partial charge in [-0.05, 0) is 55.6 Å². The number of hydrogen-bond acceptors (Lipinski definition) is 9. The number of carbonyl (C=O) groups excluding carboxylic acids is 6. The molecular formula is C40H54N8O7. The molecule has 6 amide bonds. The molecule has 0 spiro atoms. The fourth-order valence-electron chi connectivity index (χ4n) is 8.24. The topological polar surface area (TPSA) is 175 Å². The van der Waals surface area contributed by atoms with E-state index in [0.29, 0.717) is 62.2 Å². The van der Waals surface area contributed by atoms with Gasteiger partial charge in [0.15, 0.2) is 0 Å². The standard InChI is InChI=1S/C40H54N8O7/c1-4-26(2)34-40(54)47-32(19-12-22-42-47)39(53)46-31(18-11-21-41-46)37(51)44(3)33(25-28-16-9-6-10-17-28)38(52)45-23-13-20-30(45)35(49)43-29(36(50)48(34)55)24-27-14-7-5-8-15-27/h5-10,14-17,26,29-34,41-42,55H,4,11-13,18-25H2,1-3H3,(H,43,49)/t26-,29+,30-,31-,32+,33+,34-/m0/s1. The number of hydroxylamine groups is 2. The number of fused-ring (bicyclic) bond motifs is 3. The summed E-state index contributed by atoms with van der Waals surface area (Å²) in [5, 5.41) is 17.5. The summed E-state index contributed by atoms with van der Waals surface area (Å²) >= 11 is 0. The molecule has 0 unspecified atom stereocenters. The van der Waals surface area contributed by atoms with Crippen molar-refractivity contribution in [3.8, 4) is 0 Å². The van der Waals surface area contributed by atoms with E-state index in [1.54, 1.807) is 38.2 Å². The molecule has 55 heavy (non-hydrogen) atoms. The van der Waals surface area contributed by atoms with Crippen molar-refractivity contribution in [2.45, 2.75) is 108 Å². The highest BCUT2D eigenvalue weighted by atomic mass is 16.5. The molecule has 4 heterocycles. The van der Waals surface area contributed by atoms with Gasteiger partial charge in [0.05, 0.1) is 0 Å². The number of amides is 6. The second kappa shape index (κ2) is 17.7. The summed E-state index contributed by atoms with van der Waals surface area (Å²) in [5.74, 6) is -4.06. The Morgan fingerprint density at radius 2 is 1.24 bits per heavy atom. The summed E-state index contributed by atoms with van der Waals surface area (Å²) in [4.78, 5) is 90.0. The Bertz CT molecular complexity index is 1710. The van der Waals surface area contributed by atoms with E-state index in [1.165, 1.54) is 19.8 Å². The maximum atomic E-state index is 14.7. The van der Waals surface area contributed by atoms with Crippen LogP contribution < -0.4 is 16.2 Å². The number of benzene rings is 2. The second-order valence-electron chi connectivity index (χ2n) is 15.2. The van der Waals surface area contributed by atoms with Crippen LogP contribution in [0.2, 0.25) is 0 Å². The van der Waals surface area contributed by atoms with Crippen LogP contribution >= 0.6 is 0 Å². The normalized spacial score (nSPS) is 28.3. The van der Waals surface area contributed by atoms with Crippen molar-refractivity contribution in [1.29, 1.82) is 0 Å². The van der Waals surface area contributed by atoms with E-state index in [-0.39, 0.29) is 25.8 Å². The van der Waals surface area contributed by atoms with Gasteiger partial charge in [0.25, 0.3) is 17.7 Å². The largest absolute Gasteiger partial charge is 0.342 e. The van der Waals surface area contributed by atoms with Crippen LogP contribution in [0.3, 0.4) is 0 Å². The highest BCUT2D eigenvalue weighted by Gasteiger charge is 2.48. The molecule has 4 fully saturated rings. The number of carbonyl (C=O) groups is 6. The lowest BCUT2D eigenvalue weighted by molar-refractivity contribution is -0.193. The molecule has 6 rings (SSSR count). The minimum absolute atomic E-state index is 0.00349. The molecule has 4 saturated heterocycles. The number of likely N-dealkylation sites (N-methyl/N-ethyl adjacent to an activating group) is 1. The number of hydrazine groups is 2. The molecule has 296 valence electrons. The summed E-state index contributed by atoms with van der Waals surface area (Å²) in [5.41, 5.74) is 7.67. The van der Waals surface area contributed by atoms with E-state index in [9.17, 15) is 34.0 Å². The summed E-state index contributed by atoms with van der Waals surface area (Å²) in [6.07, 6.45) is 3.17. The Labute approximate surface area is 322 Å². The molecule has 0 saturated carbocycles. The Balaban J connectivity index is 1.45. The SMILES string of the molecule is CC[C@H](C)[C@H]1C(=O)N2NCCC[C@@H]2C(=O)N2NCCC[C@H]2C(=O)N(C)[C@H](Cc2ccccc2)C(=O)N2CCC[C@H]2C(=O)N[C@H](Cc2ccccc2)C(=O)N1O. The fraction of sp³-hybridized carbons (Fsp3) is 0.550. The van der Waals surface area contributed by atoms with Gasteiger partial charge in [-0.3, -0.25) is 44.0 Å². The molecule has 0 bridgehead atoms. The summed E-state index contributed by atoms with van der Waals surface area (Å²) in [6.45, 7) is 4.62. The number of rotatable bonds is 6. The van der Waals surface area contributed by atoms with Crippen LogP contribution in [-0.2, 0) is 41.6 Å². The van der Waals surface area contributed by atoms with E-state index < -0.39 is 77.6 Å². The Morgan fingerprint density at radius 3 is 1.84 bits per heavy atom. The fourth-order valence-corrected chi connectivity index (χ4v) is 8.24. The number of nitrogens with zero attached hydrogens (tertiary/aromatic N) is 5. The number of hydrogen-bond donors (Lipinski definition) is 4. The zero-order chi connectivity index (χ0) is 39.2. The summed E-state index contributed by atoms with van der Waals surface area (Å²) in [7, 11) is 1.56. The zero-order valence-electron chi connectivity index (χ0n) is 31.9. The van der Waals surface area contributed by atoms with Crippen molar-refractivity contribution in [3.63, 3.8) is 0 Å². The quantitative estimate of drug-likeness (QED) is 0.318. The molecule has 7 atom stereocenters. The van der Waals surface area contributed by atoms with Crippen molar-refractivity contribution >= 4 is 35.4 Å². The molecular weight excluding hydrogens is 704 g/mol. The van der Waals surface area contributed by atoms with E-state index in [2.05, 4.69) is 16.2 Å². The van der Waals surface area contributed by atoms with E-state index >= 15 is 0 Å². The lowest BCUT2D eigenvalue weighted by Gasteiger charge is -2.44. The van der Waals surface area contributed by atoms with Crippen LogP contribution in [0, 0.1) is 5.92 Å². The molecule has 15 heteroatoms. The molecule has 2 aromatic carbocycles. The van der Waals surface area contributed by atoms with Crippen molar-refractivity contribution in [2.24, 2.45) is 5.92 Å². The van der Waals surface area contributed by atoms with Gasteiger partial charge >= 0.3 is 0 Å². The van der Waals surface area contributed by atoms with Crippen molar-refractivity contribution in [3.05, 3.63) is 71.8 Å². The van der Waals surface area contributed by atoms with Gasteiger partial charge in [-0.15, -0.1) is 0 Å². The highest BCUT2D eigenvalue weighted by Crippen LogP contribution is 2.27. The lowest BCUT2D eigenvalue weighted by atomic mass is 9.95. The molecule has 2 aromatic rings. The third-order valence-corrected chi connectivity index (χ3v) is 11.6. The van der Waals surface area contributed by atoms with E-state index in [0.717, 1.165) is 5.56 Å². The van der Waals surface area contributed by atoms with Crippen molar-refractivity contribution < 1.29 is 34.0 Å². The van der Waals surface area contributed by atoms with E-state index in [4.69, 9.17) is 0 Å². The lowest BCUT2D eigenvalue weighted by Crippen LogP contribution is -2.69. The van der Waals surface area contributed by atoms with Crippen LogP contribution in [0.1, 0.15) is 69.9 Å². The third kappa shape index (κ3) is 8.53. The van der Waals surface area contributed by atoms with Crippen LogP contribution in [0.25, 0.3) is 0 Å².